The first-order valence-electron chi connectivity index (χ1n) is 10.7. The fourth-order valence-electron chi connectivity index (χ4n) is 4.13. The molecule has 10 heteroatoms. The molecule has 0 spiro atoms. The molecule has 0 bridgehead atoms. The molecule has 2 amide bonds. The van der Waals surface area contributed by atoms with Crippen LogP contribution in [-0.4, -0.2) is 46.0 Å². The highest BCUT2D eigenvalue weighted by molar-refractivity contribution is 7.20. The number of amides is 2. The summed E-state index contributed by atoms with van der Waals surface area (Å²) in [5.41, 5.74) is 0.727. The number of carbonyl (C=O) groups is 2. The van der Waals surface area contributed by atoms with Crippen molar-refractivity contribution in [1.82, 2.24) is 14.5 Å². The van der Waals surface area contributed by atoms with Crippen molar-refractivity contribution in [3.05, 3.63) is 50.3 Å². The summed E-state index contributed by atoms with van der Waals surface area (Å²) < 4.78 is 6.46. The number of methoxy groups -OCH3 is 1. The Kier molecular flexibility index (Phi) is 6.71. The predicted octanol–water partition coefficient (Wildman–Crippen LogP) is 4.08. The van der Waals surface area contributed by atoms with Gasteiger partial charge < -0.3 is 15.0 Å². The molecule has 8 nitrogen and oxygen atoms in total. The smallest absolute Gasteiger partial charge is 0.266 e. The van der Waals surface area contributed by atoms with Crippen LogP contribution in [0, 0.1) is 6.92 Å². The first-order chi connectivity index (χ1) is 15.8. The van der Waals surface area contributed by atoms with Gasteiger partial charge in [-0.05, 0) is 56.9 Å². The van der Waals surface area contributed by atoms with E-state index >= 15 is 0 Å². The van der Waals surface area contributed by atoms with E-state index in [1.807, 2.05) is 11.8 Å². The third-order valence-corrected chi connectivity index (χ3v) is 7.46. The minimum absolute atomic E-state index is 0.0622. The number of nitrogens with one attached hydrogen (secondary N) is 1. The highest BCUT2D eigenvalue weighted by atomic mass is 35.5. The van der Waals surface area contributed by atoms with Gasteiger partial charge in [-0.15, -0.1) is 11.3 Å². The summed E-state index contributed by atoms with van der Waals surface area (Å²) in [6, 6.07) is 5.11. The largest absolute Gasteiger partial charge is 0.495 e. The van der Waals surface area contributed by atoms with Gasteiger partial charge in [0, 0.05) is 18.3 Å². The van der Waals surface area contributed by atoms with Crippen LogP contribution < -0.4 is 15.6 Å². The van der Waals surface area contributed by atoms with Gasteiger partial charge in [0.1, 0.15) is 17.1 Å². The number of thiophene rings is 1. The van der Waals surface area contributed by atoms with Crippen molar-refractivity contribution in [3.8, 4) is 5.75 Å². The Bertz CT molecular complexity index is 1290. The lowest BCUT2D eigenvalue weighted by molar-refractivity contribution is -0.135. The van der Waals surface area contributed by atoms with Crippen LogP contribution in [-0.2, 0) is 11.3 Å². The van der Waals surface area contributed by atoms with Crippen LogP contribution in [0.1, 0.15) is 41.4 Å². The molecule has 2 aromatic heterocycles. The van der Waals surface area contributed by atoms with E-state index in [9.17, 15) is 14.4 Å². The lowest BCUT2D eigenvalue weighted by Gasteiger charge is -2.33. The van der Waals surface area contributed by atoms with E-state index in [1.54, 1.807) is 25.1 Å². The summed E-state index contributed by atoms with van der Waals surface area (Å²) >= 11 is 7.28. The molecule has 3 heterocycles. The maximum Gasteiger partial charge on any atom is 0.266 e. The molecule has 1 atom stereocenters. The van der Waals surface area contributed by atoms with Crippen LogP contribution in [0.4, 0.5) is 5.69 Å². The molecule has 0 radical (unpaired) electrons. The molecule has 1 aliphatic rings. The standard InChI is InChI=1S/C23H25ClN4O4S/c1-13-6-4-5-9-28(13)18(29)11-27-12-25-22-19(23(27)31)14(2)20(33-22)21(30)26-15-7-8-17(32-3)16(24)10-15/h7-8,10,12-13H,4-6,9,11H2,1-3H3,(H,26,30). The van der Waals surface area contributed by atoms with E-state index in [2.05, 4.69) is 10.3 Å². The van der Waals surface area contributed by atoms with Crippen molar-refractivity contribution in [2.45, 2.75) is 45.7 Å². The number of benzene rings is 1. The molecule has 1 aliphatic heterocycles. The van der Waals surface area contributed by atoms with E-state index < -0.39 is 0 Å². The second kappa shape index (κ2) is 9.52. The molecule has 174 valence electrons. The molecule has 0 aliphatic carbocycles. The summed E-state index contributed by atoms with van der Waals surface area (Å²) in [5, 5.41) is 3.54. The van der Waals surface area contributed by atoms with Gasteiger partial charge in [0.15, 0.2) is 0 Å². The van der Waals surface area contributed by atoms with E-state index in [0.717, 1.165) is 30.6 Å². The number of likely N-dealkylation sites (tertiary alicyclic amines) is 1. The van der Waals surface area contributed by atoms with Gasteiger partial charge in [-0.3, -0.25) is 19.0 Å². The van der Waals surface area contributed by atoms with Gasteiger partial charge in [0.25, 0.3) is 11.5 Å². The summed E-state index contributed by atoms with van der Waals surface area (Å²) in [7, 11) is 1.51. The minimum Gasteiger partial charge on any atom is -0.495 e. The van der Waals surface area contributed by atoms with Crippen LogP contribution in [0.3, 0.4) is 0 Å². The summed E-state index contributed by atoms with van der Waals surface area (Å²) in [5.74, 6) is 0.0551. The van der Waals surface area contributed by atoms with Crippen molar-refractivity contribution in [3.63, 3.8) is 0 Å². The first kappa shape index (κ1) is 23.3. The molecule has 1 saturated heterocycles. The molecule has 1 fully saturated rings. The van der Waals surface area contributed by atoms with Gasteiger partial charge in [-0.25, -0.2) is 4.98 Å². The molecule has 3 aromatic rings. The quantitative estimate of drug-likeness (QED) is 0.584. The molecule has 0 saturated carbocycles. The summed E-state index contributed by atoms with van der Waals surface area (Å²) in [6.45, 7) is 4.40. The number of carbonyl (C=O) groups excluding carboxylic acids is 2. The highest BCUT2D eigenvalue weighted by Gasteiger charge is 2.25. The maximum absolute atomic E-state index is 13.2. The van der Waals surface area contributed by atoms with Crippen LogP contribution in [0.15, 0.2) is 29.3 Å². The average molecular weight is 489 g/mol. The van der Waals surface area contributed by atoms with Crippen LogP contribution >= 0.6 is 22.9 Å². The van der Waals surface area contributed by atoms with E-state index in [-0.39, 0.29) is 30.0 Å². The normalized spacial score (nSPS) is 16.1. The summed E-state index contributed by atoms with van der Waals surface area (Å²) in [4.78, 5) is 45.9. The minimum atomic E-state index is -0.360. The van der Waals surface area contributed by atoms with Gasteiger partial charge >= 0.3 is 0 Å². The molecule has 33 heavy (non-hydrogen) atoms. The lowest BCUT2D eigenvalue weighted by Crippen LogP contribution is -2.44. The number of ether oxygens (including phenoxy) is 1. The first-order valence-corrected chi connectivity index (χ1v) is 11.9. The predicted molar refractivity (Wildman–Crippen MR) is 130 cm³/mol. The van der Waals surface area contributed by atoms with E-state index in [4.69, 9.17) is 16.3 Å². The fraction of sp³-hybridized carbons (Fsp3) is 0.391. The van der Waals surface area contributed by atoms with Crippen molar-refractivity contribution in [2.24, 2.45) is 0 Å². The Hall–Kier alpha value is -2.91. The Balaban J connectivity index is 1.59. The van der Waals surface area contributed by atoms with Crippen LogP contribution in [0.5, 0.6) is 5.75 Å². The molecule has 1 unspecified atom stereocenters. The number of anilines is 1. The molecule has 4 rings (SSSR count). The van der Waals surface area contributed by atoms with Crippen molar-refractivity contribution in [1.29, 1.82) is 0 Å². The van der Waals surface area contributed by atoms with Gasteiger partial charge in [0.05, 0.1) is 28.7 Å². The summed E-state index contributed by atoms with van der Waals surface area (Å²) in [6.07, 6.45) is 4.45. The Morgan fingerprint density at radius 2 is 2.12 bits per heavy atom. The average Bonchev–Trinajstić information content (AvgIpc) is 3.13. The highest BCUT2D eigenvalue weighted by Crippen LogP contribution is 2.30. The maximum atomic E-state index is 13.2. The zero-order valence-corrected chi connectivity index (χ0v) is 20.3. The Labute approximate surface area is 200 Å². The number of aromatic nitrogens is 2. The number of fused-ring (bicyclic) bond motifs is 1. The SMILES string of the molecule is COc1ccc(NC(=O)c2sc3ncn(CC(=O)N4CCCCC4C)c(=O)c3c2C)cc1Cl. The van der Waals surface area contributed by atoms with Gasteiger partial charge in [-0.2, -0.15) is 0 Å². The molecule has 1 aromatic carbocycles. The molecular formula is C23H25ClN4O4S. The van der Waals surface area contributed by atoms with Crippen molar-refractivity contribution in [2.75, 3.05) is 19.0 Å². The number of aryl methyl sites for hydroxylation is 1. The monoisotopic (exact) mass is 488 g/mol. The number of piperidine rings is 1. The van der Waals surface area contributed by atoms with Crippen LogP contribution in [0.2, 0.25) is 5.02 Å². The van der Waals surface area contributed by atoms with Crippen LogP contribution in [0.25, 0.3) is 10.2 Å². The van der Waals surface area contributed by atoms with E-state index in [0.29, 0.717) is 43.7 Å². The number of rotatable bonds is 5. The lowest BCUT2D eigenvalue weighted by atomic mass is 10.0. The van der Waals surface area contributed by atoms with E-state index in [1.165, 1.54) is 18.0 Å². The Morgan fingerprint density at radius 1 is 1.33 bits per heavy atom. The van der Waals surface area contributed by atoms with Crippen molar-refractivity contribution >= 4 is 50.7 Å². The Morgan fingerprint density at radius 3 is 2.82 bits per heavy atom. The zero-order chi connectivity index (χ0) is 23.7. The second-order valence-electron chi connectivity index (χ2n) is 8.15. The fourth-order valence-corrected chi connectivity index (χ4v) is 5.42. The third kappa shape index (κ3) is 4.60. The van der Waals surface area contributed by atoms with Crippen molar-refractivity contribution < 1.29 is 14.3 Å². The van der Waals surface area contributed by atoms with Gasteiger partial charge in [-0.1, -0.05) is 11.6 Å². The zero-order valence-electron chi connectivity index (χ0n) is 18.7. The number of nitrogens with zero attached hydrogens (tertiary/aromatic N) is 3. The topological polar surface area (TPSA) is 93.5 Å². The number of halogens is 1. The molecule has 1 N–H and O–H groups in total. The molecular weight excluding hydrogens is 464 g/mol. The second-order valence-corrected chi connectivity index (χ2v) is 9.56. The number of hydrogen-bond donors (Lipinski definition) is 1. The third-order valence-electron chi connectivity index (χ3n) is 5.96. The van der Waals surface area contributed by atoms with Gasteiger partial charge in [0.2, 0.25) is 5.91 Å². The number of hydrogen-bond acceptors (Lipinski definition) is 6.